The second-order valence-electron chi connectivity index (χ2n) is 5.81. The molecular formula is C16H21N7. The molecular weight excluding hydrogens is 290 g/mol. The van der Waals surface area contributed by atoms with E-state index in [9.17, 15) is 0 Å². The lowest BCUT2D eigenvalue weighted by Gasteiger charge is -2.22. The molecule has 1 saturated heterocycles. The van der Waals surface area contributed by atoms with Crippen LogP contribution in [0, 0.1) is 0 Å². The van der Waals surface area contributed by atoms with E-state index in [1.165, 1.54) is 5.52 Å². The average molecular weight is 311 g/mol. The van der Waals surface area contributed by atoms with Crippen LogP contribution in [0.4, 0.5) is 5.95 Å². The fourth-order valence-electron chi connectivity index (χ4n) is 3.12. The summed E-state index contributed by atoms with van der Waals surface area (Å²) in [5.74, 6) is 1.06. The van der Waals surface area contributed by atoms with Crippen molar-refractivity contribution in [1.29, 1.82) is 0 Å². The number of fused-ring (bicyclic) bond motifs is 1. The zero-order chi connectivity index (χ0) is 15.5. The fourth-order valence-corrected chi connectivity index (χ4v) is 3.12. The summed E-state index contributed by atoms with van der Waals surface area (Å²) in [6.07, 6.45) is 4.76. The first-order chi connectivity index (χ1) is 11.4. The smallest absolute Gasteiger partial charge is 0.206 e. The third-order valence-corrected chi connectivity index (χ3v) is 4.28. The number of imidazole rings is 1. The second-order valence-corrected chi connectivity index (χ2v) is 5.81. The van der Waals surface area contributed by atoms with Gasteiger partial charge in [-0.3, -0.25) is 4.68 Å². The monoisotopic (exact) mass is 311 g/mol. The van der Waals surface area contributed by atoms with E-state index < -0.39 is 0 Å². The highest BCUT2D eigenvalue weighted by Crippen LogP contribution is 2.23. The second kappa shape index (κ2) is 6.37. The number of benzene rings is 1. The normalized spacial score (nSPS) is 15.9. The van der Waals surface area contributed by atoms with E-state index in [0.29, 0.717) is 0 Å². The van der Waals surface area contributed by atoms with E-state index in [0.717, 1.165) is 57.2 Å². The maximum absolute atomic E-state index is 4.89. The van der Waals surface area contributed by atoms with Crippen LogP contribution in [0.3, 0.4) is 0 Å². The maximum Gasteiger partial charge on any atom is 0.206 e. The first-order valence-electron chi connectivity index (χ1n) is 8.17. The van der Waals surface area contributed by atoms with Crippen LogP contribution in [0.2, 0.25) is 0 Å². The van der Waals surface area contributed by atoms with Crippen LogP contribution in [-0.2, 0) is 13.1 Å². The van der Waals surface area contributed by atoms with Crippen LogP contribution in [0.1, 0.15) is 6.42 Å². The first-order valence-corrected chi connectivity index (χ1v) is 8.17. The Balaban J connectivity index is 1.68. The lowest BCUT2D eigenvalue weighted by atomic mass is 10.3. The largest absolute Gasteiger partial charge is 0.341 e. The van der Waals surface area contributed by atoms with Gasteiger partial charge in [-0.2, -0.15) is 0 Å². The SMILES string of the molecule is c1ccc2c(c1)nc(N1CCCNCC1)n2CCn1ccnn1. The van der Waals surface area contributed by atoms with E-state index in [1.54, 1.807) is 6.20 Å². The Bertz CT molecular complexity index is 754. The van der Waals surface area contributed by atoms with Crippen molar-refractivity contribution in [3.05, 3.63) is 36.7 Å². The Morgan fingerprint density at radius 2 is 2.04 bits per heavy atom. The van der Waals surface area contributed by atoms with Crippen molar-refractivity contribution in [3.63, 3.8) is 0 Å². The van der Waals surface area contributed by atoms with Crippen LogP contribution < -0.4 is 10.2 Å². The summed E-state index contributed by atoms with van der Waals surface area (Å²) in [7, 11) is 0. The predicted molar refractivity (Wildman–Crippen MR) is 89.5 cm³/mol. The summed E-state index contributed by atoms with van der Waals surface area (Å²) in [6, 6.07) is 8.35. The van der Waals surface area contributed by atoms with Crippen LogP contribution >= 0.6 is 0 Å². The van der Waals surface area contributed by atoms with Gasteiger partial charge in [0.05, 0.1) is 23.8 Å². The molecule has 0 atom stereocenters. The van der Waals surface area contributed by atoms with Crippen LogP contribution in [0.5, 0.6) is 0 Å². The molecule has 1 aromatic carbocycles. The third kappa shape index (κ3) is 2.92. The minimum atomic E-state index is 0.791. The number of nitrogens with zero attached hydrogens (tertiary/aromatic N) is 6. The summed E-state index contributed by atoms with van der Waals surface area (Å²) in [4.78, 5) is 7.28. The molecule has 1 aliphatic heterocycles. The van der Waals surface area contributed by atoms with E-state index in [1.807, 2.05) is 16.9 Å². The minimum absolute atomic E-state index is 0.791. The zero-order valence-corrected chi connectivity index (χ0v) is 13.1. The molecule has 4 rings (SSSR count). The van der Waals surface area contributed by atoms with Crippen molar-refractivity contribution < 1.29 is 0 Å². The lowest BCUT2D eigenvalue weighted by Crippen LogP contribution is -2.30. The quantitative estimate of drug-likeness (QED) is 0.782. The molecule has 0 amide bonds. The van der Waals surface area contributed by atoms with Crippen molar-refractivity contribution in [2.75, 3.05) is 31.1 Å². The highest BCUT2D eigenvalue weighted by atomic mass is 15.4. The molecule has 0 saturated carbocycles. The summed E-state index contributed by atoms with van der Waals surface area (Å²) in [5, 5.41) is 11.4. The van der Waals surface area contributed by atoms with Crippen LogP contribution in [0.25, 0.3) is 11.0 Å². The molecule has 0 bridgehead atoms. The molecule has 0 spiro atoms. The van der Waals surface area contributed by atoms with Gasteiger partial charge in [-0.05, 0) is 25.1 Å². The Hall–Kier alpha value is -2.41. The Morgan fingerprint density at radius 1 is 1.09 bits per heavy atom. The van der Waals surface area contributed by atoms with Gasteiger partial charge in [-0.25, -0.2) is 4.98 Å². The Kier molecular flexibility index (Phi) is 3.94. The molecule has 3 aromatic rings. The Labute approximate surface area is 134 Å². The summed E-state index contributed by atoms with van der Waals surface area (Å²) < 4.78 is 4.17. The van der Waals surface area contributed by atoms with E-state index in [4.69, 9.17) is 4.98 Å². The molecule has 0 unspecified atom stereocenters. The predicted octanol–water partition coefficient (Wildman–Crippen LogP) is 1.13. The zero-order valence-electron chi connectivity index (χ0n) is 13.1. The molecule has 23 heavy (non-hydrogen) atoms. The standard InChI is InChI=1S/C16H21N7/c1-2-5-15-14(4-1)19-16(21-9-3-6-17-7-10-21)23(15)13-12-22-11-8-18-20-22/h1-2,4-5,8,11,17H,3,6-7,9-10,12-13H2. The van der Waals surface area contributed by atoms with Crippen molar-refractivity contribution in [3.8, 4) is 0 Å². The lowest BCUT2D eigenvalue weighted by molar-refractivity contribution is 0.523. The molecule has 1 aliphatic rings. The van der Waals surface area contributed by atoms with Gasteiger partial charge in [0.25, 0.3) is 0 Å². The molecule has 1 N–H and O–H groups in total. The first kappa shape index (κ1) is 14.2. The Morgan fingerprint density at radius 3 is 2.96 bits per heavy atom. The number of para-hydroxylation sites is 2. The summed E-state index contributed by atoms with van der Waals surface area (Å²) in [6.45, 7) is 5.75. The molecule has 0 aliphatic carbocycles. The highest BCUT2D eigenvalue weighted by Gasteiger charge is 2.18. The van der Waals surface area contributed by atoms with Crippen LogP contribution in [-0.4, -0.2) is 50.7 Å². The number of aromatic nitrogens is 5. The van der Waals surface area contributed by atoms with E-state index >= 15 is 0 Å². The van der Waals surface area contributed by atoms with Gasteiger partial charge in [0, 0.05) is 32.4 Å². The fraction of sp³-hybridized carbons (Fsp3) is 0.438. The molecule has 7 nitrogen and oxygen atoms in total. The number of anilines is 1. The molecule has 7 heteroatoms. The van der Waals surface area contributed by atoms with Gasteiger partial charge in [-0.15, -0.1) is 5.10 Å². The number of aryl methyl sites for hydroxylation is 2. The van der Waals surface area contributed by atoms with Gasteiger partial charge < -0.3 is 14.8 Å². The molecule has 120 valence electrons. The maximum atomic E-state index is 4.89. The molecule has 1 fully saturated rings. The highest BCUT2D eigenvalue weighted by molar-refractivity contribution is 5.78. The number of nitrogens with one attached hydrogen (secondary N) is 1. The van der Waals surface area contributed by atoms with Crippen molar-refractivity contribution in [2.45, 2.75) is 19.5 Å². The third-order valence-electron chi connectivity index (χ3n) is 4.28. The molecule has 0 radical (unpaired) electrons. The van der Waals surface area contributed by atoms with Gasteiger partial charge in [0.1, 0.15) is 0 Å². The minimum Gasteiger partial charge on any atom is -0.341 e. The summed E-state index contributed by atoms with van der Waals surface area (Å²) >= 11 is 0. The number of rotatable bonds is 4. The molecule has 3 heterocycles. The number of hydrogen-bond donors (Lipinski definition) is 1. The molecule has 2 aromatic heterocycles. The number of hydrogen-bond acceptors (Lipinski definition) is 5. The van der Waals surface area contributed by atoms with Crippen molar-refractivity contribution in [2.24, 2.45) is 0 Å². The van der Waals surface area contributed by atoms with Crippen LogP contribution in [0.15, 0.2) is 36.7 Å². The van der Waals surface area contributed by atoms with Gasteiger partial charge in [0.15, 0.2) is 0 Å². The van der Waals surface area contributed by atoms with E-state index in [2.05, 4.69) is 43.3 Å². The van der Waals surface area contributed by atoms with Gasteiger partial charge in [-0.1, -0.05) is 17.3 Å². The summed E-state index contributed by atoms with van der Waals surface area (Å²) in [5.41, 5.74) is 2.23. The van der Waals surface area contributed by atoms with Crippen molar-refractivity contribution in [1.82, 2.24) is 29.9 Å². The topological polar surface area (TPSA) is 63.8 Å². The van der Waals surface area contributed by atoms with Gasteiger partial charge in [0.2, 0.25) is 5.95 Å². The van der Waals surface area contributed by atoms with Gasteiger partial charge >= 0.3 is 0 Å². The average Bonchev–Trinajstić information content (AvgIpc) is 3.13. The van der Waals surface area contributed by atoms with Crippen molar-refractivity contribution >= 4 is 17.0 Å². The van der Waals surface area contributed by atoms with E-state index in [-0.39, 0.29) is 0 Å².